The number of halogens is 3. The van der Waals surface area contributed by atoms with E-state index in [-0.39, 0.29) is 13.1 Å². The van der Waals surface area contributed by atoms with Crippen LogP contribution in [0.25, 0.3) is 0 Å². The molecule has 2 rings (SSSR count). The van der Waals surface area contributed by atoms with E-state index in [1.165, 1.54) is 4.90 Å². The number of aliphatic hydroxyl groups is 1. The average molecular weight is 334 g/mol. The minimum atomic E-state index is -4.68. The standard InChI is InChI=1S/C14H21F3N4O2/c1-10(2)9-21-11(3-6-18-21)19-12(22)20-7-4-13(23,5-8-20)14(15,16)17/h3,6,10,23H,4-5,7-9H2,1-2H3,(H,19,22). The monoisotopic (exact) mass is 334 g/mol. The first-order chi connectivity index (χ1) is 10.6. The lowest BCUT2D eigenvalue weighted by Gasteiger charge is -2.38. The van der Waals surface area contributed by atoms with Crippen LogP contribution in [-0.4, -0.2) is 50.7 Å². The lowest BCUT2D eigenvalue weighted by Crippen LogP contribution is -2.55. The Morgan fingerprint density at radius 3 is 2.57 bits per heavy atom. The number of hydrogen-bond acceptors (Lipinski definition) is 3. The molecule has 2 heterocycles. The lowest BCUT2D eigenvalue weighted by molar-refractivity contribution is -0.271. The maximum atomic E-state index is 12.8. The first-order valence-electron chi connectivity index (χ1n) is 7.49. The molecule has 0 atom stereocenters. The topological polar surface area (TPSA) is 70.4 Å². The quantitative estimate of drug-likeness (QED) is 0.892. The third-order valence-electron chi connectivity index (χ3n) is 3.90. The number of aromatic nitrogens is 2. The average Bonchev–Trinajstić information content (AvgIpc) is 2.84. The molecule has 1 aliphatic rings. The zero-order valence-electron chi connectivity index (χ0n) is 13.1. The Labute approximate surface area is 132 Å². The van der Waals surface area contributed by atoms with Crippen molar-refractivity contribution in [3.63, 3.8) is 0 Å². The van der Waals surface area contributed by atoms with Gasteiger partial charge in [-0.15, -0.1) is 0 Å². The fourth-order valence-electron chi connectivity index (χ4n) is 2.48. The Bertz CT molecular complexity index is 548. The largest absolute Gasteiger partial charge is 0.417 e. The molecule has 0 saturated carbocycles. The van der Waals surface area contributed by atoms with Crippen molar-refractivity contribution in [2.24, 2.45) is 5.92 Å². The summed E-state index contributed by atoms with van der Waals surface area (Å²) in [4.78, 5) is 13.4. The second-order valence-corrected chi connectivity index (χ2v) is 6.24. The molecule has 0 bridgehead atoms. The van der Waals surface area contributed by atoms with E-state index in [0.29, 0.717) is 18.3 Å². The Morgan fingerprint density at radius 1 is 1.43 bits per heavy atom. The second-order valence-electron chi connectivity index (χ2n) is 6.24. The Balaban J connectivity index is 1.95. The summed E-state index contributed by atoms with van der Waals surface area (Å²) in [6.45, 7) is 4.34. The highest BCUT2D eigenvalue weighted by Gasteiger charge is 2.54. The third-order valence-corrected chi connectivity index (χ3v) is 3.90. The summed E-state index contributed by atoms with van der Waals surface area (Å²) < 4.78 is 39.9. The maximum Gasteiger partial charge on any atom is 0.417 e. The zero-order valence-corrected chi connectivity index (χ0v) is 13.1. The number of carbonyl (C=O) groups is 1. The fraction of sp³-hybridized carbons (Fsp3) is 0.714. The van der Waals surface area contributed by atoms with Crippen LogP contribution in [0, 0.1) is 5.92 Å². The first-order valence-corrected chi connectivity index (χ1v) is 7.49. The molecule has 0 spiro atoms. The van der Waals surface area contributed by atoms with E-state index in [9.17, 15) is 23.1 Å². The highest BCUT2D eigenvalue weighted by Crippen LogP contribution is 2.38. The van der Waals surface area contributed by atoms with Crippen molar-refractivity contribution >= 4 is 11.8 Å². The summed E-state index contributed by atoms with van der Waals surface area (Å²) in [7, 11) is 0. The molecule has 9 heteroatoms. The minimum absolute atomic E-state index is 0.153. The highest BCUT2D eigenvalue weighted by molar-refractivity contribution is 5.88. The zero-order chi connectivity index (χ0) is 17.3. The van der Waals surface area contributed by atoms with Crippen molar-refractivity contribution in [2.75, 3.05) is 18.4 Å². The van der Waals surface area contributed by atoms with Gasteiger partial charge in [0.25, 0.3) is 0 Å². The van der Waals surface area contributed by atoms with Gasteiger partial charge in [-0.3, -0.25) is 5.32 Å². The van der Waals surface area contributed by atoms with Gasteiger partial charge in [-0.05, 0) is 5.92 Å². The molecular formula is C14H21F3N4O2. The number of likely N-dealkylation sites (tertiary alicyclic amines) is 1. The van der Waals surface area contributed by atoms with E-state index in [0.717, 1.165) is 0 Å². The van der Waals surface area contributed by atoms with Gasteiger partial charge in [-0.25, -0.2) is 9.48 Å². The van der Waals surface area contributed by atoms with E-state index < -0.39 is 30.7 Å². The number of rotatable bonds is 3. The van der Waals surface area contributed by atoms with Crippen molar-refractivity contribution in [3.05, 3.63) is 12.3 Å². The molecule has 0 aromatic carbocycles. The normalized spacial score (nSPS) is 18.3. The van der Waals surface area contributed by atoms with Gasteiger partial charge >= 0.3 is 12.2 Å². The Hall–Kier alpha value is -1.77. The van der Waals surface area contributed by atoms with Crippen LogP contribution in [0.2, 0.25) is 0 Å². The van der Waals surface area contributed by atoms with E-state index in [2.05, 4.69) is 10.4 Å². The predicted octanol–water partition coefficient (Wildman–Crippen LogP) is 2.46. The van der Waals surface area contributed by atoms with Crippen molar-refractivity contribution in [3.8, 4) is 0 Å². The number of anilines is 1. The van der Waals surface area contributed by atoms with Crippen molar-refractivity contribution in [1.29, 1.82) is 0 Å². The molecular weight excluding hydrogens is 313 g/mol. The van der Waals surface area contributed by atoms with Crippen LogP contribution in [-0.2, 0) is 6.54 Å². The van der Waals surface area contributed by atoms with Crippen molar-refractivity contribution in [2.45, 2.75) is 45.0 Å². The number of alkyl halides is 3. The van der Waals surface area contributed by atoms with Gasteiger partial charge in [0.15, 0.2) is 5.60 Å². The van der Waals surface area contributed by atoms with Crippen LogP contribution in [0.5, 0.6) is 0 Å². The van der Waals surface area contributed by atoms with Gasteiger partial charge in [-0.2, -0.15) is 18.3 Å². The summed E-state index contributed by atoms with van der Waals surface area (Å²) >= 11 is 0. The molecule has 1 aromatic heterocycles. The van der Waals surface area contributed by atoms with Gasteiger partial charge in [-0.1, -0.05) is 13.8 Å². The van der Waals surface area contributed by atoms with Crippen LogP contribution < -0.4 is 5.32 Å². The van der Waals surface area contributed by atoms with E-state index in [1.807, 2.05) is 13.8 Å². The van der Waals surface area contributed by atoms with Gasteiger partial charge in [0.1, 0.15) is 5.82 Å². The van der Waals surface area contributed by atoms with Crippen LogP contribution >= 0.6 is 0 Å². The summed E-state index contributed by atoms with van der Waals surface area (Å²) in [6, 6.07) is 1.15. The Morgan fingerprint density at radius 2 is 2.04 bits per heavy atom. The summed E-state index contributed by atoms with van der Waals surface area (Å²) in [5.74, 6) is 0.836. The smallest absolute Gasteiger partial charge is 0.380 e. The molecule has 1 saturated heterocycles. The molecule has 23 heavy (non-hydrogen) atoms. The van der Waals surface area contributed by atoms with Crippen LogP contribution in [0.3, 0.4) is 0 Å². The van der Waals surface area contributed by atoms with Gasteiger partial charge in [0, 0.05) is 38.5 Å². The van der Waals surface area contributed by atoms with Gasteiger partial charge in [0.2, 0.25) is 0 Å². The van der Waals surface area contributed by atoms with E-state index in [4.69, 9.17) is 0 Å². The molecule has 130 valence electrons. The minimum Gasteiger partial charge on any atom is -0.380 e. The van der Waals surface area contributed by atoms with Crippen molar-refractivity contribution < 1.29 is 23.1 Å². The number of carbonyl (C=O) groups excluding carboxylic acids is 1. The van der Waals surface area contributed by atoms with E-state index in [1.54, 1.807) is 16.9 Å². The number of piperidine rings is 1. The molecule has 2 amide bonds. The number of nitrogens with zero attached hydrogens (tertiary/aromatic N) is 3. The molecule has 1 aliphatic heterocycles. The third kappa shape index (κ3) is 3.95. The number of hydrogen-bond donors (Lipinski definition) is 2. The van der Waals surface area contributed by atoms with Crippen LogP contribution in [0.4, 0.5) is 23.8 Å². The first kappa shape index (κ1) is 17.6. The molecule has 6 nitrogen and oxygen atoms in total. The summed E-state index contributed by atoms with van der Waals surface area (Å²) in [6.07, 6.45) is -4.16. The number of amides is 2. The van der Waals surface area contributed by atoms with E-state index >= 15 is 0 Å². The second kappa shape index (κ2) is 6.38. The lowest BCUT2D eigenvalue weighted by atomic mass is 9.91. The fourth-order valence-corrected chi connectivity index (χ4v) is 2.48. The molecule has 0 unspecified atom stereocenters. The molecule has 1 aromatic rings. The number of urea groups is 1. The molecule has 0 aliphatic carbocycles. The van der Waals surface area contributed by atoms with Gasteiger partial charge in [0.05, 0.1) is 6.20 Å². The number of nitrogens with one attached hydrogen (secondary N) is 1. The highest BCUT2D eigenvalue weighted by atomic mass is 19.4. The summed E-state index contributed by atoms with van der Waals surface area (Å²) in [5.41, 5.74) is -2.71. The molecule has 0 radical (unpaired) electrons. The molecule has 1 fully saturated rings. The van der Waals surface area contributed by atoms with Crippen LogP contribution in [0.15, 0.2) is 12.3 Å². The SMILES string of the molecule is CC(C)Cn1nccc1NC(=O)N1CCC(O)(C(F)(F)F)CC1. The Kier molecular flexibility index (Phi) is 4.88. The van der Waals surface area contributed by atoms with Crippen molar-refractivity contribution in [1.82, 2.24) is 14.7 Å². The predicted molar refractivity (Wildman–Crippen MR) is 77.9 cm³/mol. The maximum absolute atomic E-state index is 12.8. The summed E-state index contributed by atoms with van der Waals surface area (Å²) in [5, 5.41) is 16.4. The molecule has 2 N–H and O–H groups in total. The van der Waals surface area contributed by atoms with Gasteiger partial charge < -0.3 is 10.0 Å². The van der Waals surface area contributed by atoms with Crippen LogP contribution in [0.1, 0.15) is 26.7 Å².